The van der Waals surface area contributed by atoms with E-state index >= 15 is 0 Å². The second-order valence-electron chi connectivity index (χ2n) is 4.15. The number of carbonyl (C=O) groups is 1. The van der Waals surface area contributed by atoms with Gasteiger partial charge in [-0.05, 0) is 46.3 Å². The van der Waals surface area contributed by atoms with Crippen molar-refractivity contribution in [3.8, 4) is 0 Å². The highest BCUT2D eigenvalue weighted by Crippen LogP contribution is 2.23. The van der Waals surface area contributed by atoms with Gasteiger partial charge in [-0.25, -0.2) is 8.78 Å². The molecule has 0 fully saturated rings. The second kappa shape index (κ2) is 6.87. The molecule has 0 atom stereocenters. The predicted molar refractivity (Wildman–Crippen MR) is 82.6 cm³/mol. The molecule has 0 aliphatic carbocycles. The van der Waals surface area contributed by atoms with Gasteiger partial charge in [-0.2, -0.15) is 0 Å². The Labute approximate surface area is 133 Å². The molecular weight excluding hydrogens is 366 g/mol. The van der Waals surface area contributed by atoms with Gasteiger partial charge in [0.1, 0.15) is 11.6 Å². The van der Waals surface area contributed by atoms with Crippen molar-refractivity contribution < 1.29 is 13.6 Å². The molecule has 0 aliphatic rings. The lowest BCUT2D eigenvalue weighted by Crippen LogP contribution is -2.22. The number of hydrogen-bond acceptors (Lipinski definition) is 2. The normalized spacial score (nSPS) is 10.3. The Kier molecular flexibility index (Phi) is 5.14. The molecule has 0 saturated carbocycles. The molecule has 0 heterocycles. The van der Waals surface area contributed by atoms with E-state index in [0.29, 0.717) is 10.7 Å². The summed E-state index contributed by atoms with van der Waals surface area (Å²) in [6.45, 7) is -0.194. The summed E-state index contributed by atoms with van der Waals surface area (Å²) in [5.41, 5.74) is 0.482. The third-order valence-corrected chi connectivity index (χ3v) is 3.44. The smallest absolute Gasteiger partial charge is 0.243 e. The fourth-order valence-electron chi connectivity index (χ4n) is 1.57. The molecule has 0 spiro atoms. The van der Waals surface area contributed by atoms with Gasteiger partial charge in [-0.15, -0.1) is 0 Å². The van der Waals surface area contributed by atoms with Crippen molar-refractivity contribution in [2.75, 3.05) is 17.2 Å². The van der Waals surface area contributed by atoms with Gasteiger partial charge in [-0.3, -0.25) is 4.79 Å². The summed E-state index contributed by atoms with van der Waals surface area (Å²) < 4.78 is 26.9. The fraction of sp³-hybridized carbons (Fsp3) is 0.0714. The molecule has 1 amide bonds. The number of halogens is 4. The van der Waals surface area contributed by atoms with Crippen LogP contribution in [-0.4, -0.2) is 12.5 Å². The lowest BCUT2D eigenvalue weighted by molar-refractivity contribution is -0.114. The molecule has 21 heavy (non-hydrogen) atoms. The molecule has 0 unspecified atom stereocenters. The standard InChI is InChI=1S/C14H10BrClF2N2O/c15-10-5-12(18)13(6-11(10)17)19-7-14(21)20-9-3-1-8(16)2-4-9/h1-6,19H,7H2,(H,20,21). The number of rotatable bonds is 4. The monoisotopic (exact) mass is 374 g/mol. The molecular formula is C14H10BrClF2N2O. The first-order valence-electron chi connectivity index (χ1n) is 5.89. The number of nitrogens with one attached hydrogen (secondary N) is 2. The molecule has 7 heteroatoms. The van der Waals surface area contributed by atoms with Crippen LogP contribution in [0.15, 0.2) is 40.9 Å². The summed E-state index contributed by atoms with van der Waals surface area (Å²) in [7, 11) is 0. The Morgan fingerprint density at radius 1 is 1.14 bits per heavy atom. The van der Waals surface area contributed by atoms with Gasteiger partial charge in [0.05, 0.1) is 16.7 Å². The first kappa shape index (κ1) is 15.7. The average molecular weight is 376 g/mol. The topological polar surface area (TPSA) is 41.1 Å². The molecule has 110 valence electrons. The third-order valence-electron chi connectivity index (χ3n) is 2.58. The number of benzene rings is 2. The highest BCUT2D eigenvalue weighted by atomic mass is 79.9. The van der Waals surface area contributed by atoms with Gasteiger partial charge in [0, 0.05) is 16.8 Å². The van der Waals surface area contributed by atoms with E-state index in [2.05, 4.69) is 26.6 Å². The molecule has 0 aliphatic heterocycles. The predicted octanol–water partition coefficient (Wildman–Crippen LogP) is 4.43. The molecule has 3 nitrogen and oxygen atoms in total. The molecule has 2 aromatic rings. The van der Waals surface area contributed by atoms with Crippen LogP contribution in [0, 0.1) is 11.6 Å². The molecule has 2 aromatic carbocycles. The summed E-state index contributed by atoms with van der Waals surface area (Å²) in [4.78, 5) is 11.7. The van der Waals surface area contributed by atoms with E-state index in [4.69, 9.17) is 11.6 Å². The fourth-order valence-corrected chi connectivity index (χ4v) is 2.01. The van der Waals surface area contributed by atoms with E-state index in [1.807, 2.05) is 0 Å². The van der Waals surface area contributed by atoms with E-state index in [1.165, 1.54) is 0 Å². The minimum absolute atomic E-state index is 0.0242. The zero-order valence-electron chi connectivity index (χ0n) is 10.6. The maximum Gasteiger partial charge on any atom is 0.243 e. The summed E-state index contributed by atoms with van der Waals surface area (Å²) in [6, 6.07) is 8.52. The number of hydrogen-bond donors (Lipinski definition) is 2. The maximum atomic E-state index is 13.5. The highest BCUT2D eigenvalue weighted by molar-refractivity contribution is 9.10. The Morgan fingerprint density at radius 3 is 2.48 bits per heavy atom. The van der Waals surface area contributed by atoms with E-state index in [9.17, 15) is 13.6 Å². The summed E-state index contributed by atoms with van der Waals surface area (Å²) in [5, 5.41) is 5.69. The van der Waals surface area contributed by atoms with Crippen LogP contribution in [0.4, 0.5) is 20.2 Å². The van der Waals surface area contributed by atoms with Crippen molar-refractivity contribution in [3.05, 3.63) is 57.5 Å². The van der Waals surface area contributed by atoms with Crippen molar-refractivity contribution in [3.63, 3.8) is 0 Å². The van der Waals surface area contributed by atoms with Crippen LogP contribution in [0.1, 0.15) is 0 Å². The van der Waals surface area contributed by atoms with Crippen LogP contribution >= 0.6 is 27.5 Å². The van der Waals surface area contributed by atoms with Crippen LogP contribution in [0.25, 0.3) is 0 Å². The highest BCUT2D eigenvalue weighted by Gasteiger charge is 2.09. The number of anilines is 2. The Morgan fingerprint density at radius 2 is 1.81 bits per heavy atom. The minimum Gasteiger partial charge on any atom is -0.374 e. The molecule has 2 N–H and O–H groups in total. The van der Waals surface area contributed by atoms with Crippen LogP contribution < -0.4 is 10.6 Å². The van der Waals surface area contributed by atoms with E-state index in [0.717, 1.165) is 12.1 Å². The lowest BCUT2D eigenvalue weighted by atomic mass is 10.3. The third kappa shape index (κ3) is 4.41. The van der Waals surface area contributed by atoms with Crippen LogP contribution in [0.3, 0.4) is 0 Å². The zero-order valence-corrected chi connectivity index (χ0v) is 12.9. The summed E-state index contributed by atoms with van der Waals surface area (Å²) in [5.74, 6) is -1.65. The van der Waals surface area contributed by atoms with Crippen molar-refractivity contribution in [2.24, 2.45) is 0 Å². The maximum absolute atomic E-state index is 13.5. The van der Waals surface area contributed by atoms with Gasteiger partial charge in [0.25, 0.3) is 0 Å². The Bertz CT molecular complexity index is 665. The molecule has 2 rings (SSSR count). The minimum atomic E-state index is -0.650. The van der Waals surface area contributed by atoms with Crippen LogP contribution in [0.2, 0.25) is 5.02 Å². The molecule has 0 aromatic heterocycles. The second-order valence-corrected chi connectivity index (χ2v) is 5.45. The number of carbonyl (C=O) groups excluding carboxylic acids is 1. The largest absolute Gasteiger partial charge is 0.374 e. The molecule has 0 bridgehead atoms. The van der Waals surface area contributed by atoms with Gasteiger partial charge in [0.2, 0.25) is 5.91 Å². The van der Waals surface area contributed by atoms with Gasteiger partial charge < -0.3 is 10.6 Å². The van der Waals surface area contributed by atoms with Crippen molar-refractivity contribution in [2.45, 2.75) is 0 Å². The lowest BCUT2D eigenvalue weighted by Gasteiger charge is -2.09. The van der Waals surface area contributed by atoms with Crippen molar-refractivity contribution in [1.29, 1.82) is 0 Å². The Hall–Kier alpha value is -1.66. The van der Waals surface area contributed by atoms with Crippen LogP contribution in [0.5, 0.6) is 0 Å². The van der Waals surface area contributed by atoms with E-state index in [-0.39, 0.29) is 22.6 Å². The Balaban J connectivity index is 1.95. The zero-order chi connectivity index (χ0) is 15.4. The number of amides is 1. The first-order valence-corrected chi connectivity index (χ1v) is 7.06. The summed E-state index contributed by atoms with van der Waals surface area (Å²) in [6.07, 6.45) is 0. The van der Waals surface area contributed by atoms with Crippen molar-refractivity contribution in [1.82, 2.24) is 0 Å². The first-order chi connectivity index (χ1) is 9.95. The van der Waals surface area contributed by atoms with E-state index in [1.54, 1.807) is 24.3 Å². The SMILES string of the molecule is O=C(CNc1cc(F)c(Br)cc1F)Nc1ccc(Cl)cc1. The molecule has 0 saturated heterocycles. The van der Waals surface area contributed by atoms with Gasteiger partial charge in [-0.1, -0.05) is 11.6 Å². The quantitative estimate of drug-likeness (QED) is 0.776. The van der Waals surface area contributed by atoms with E-state index < -0.39 is 11.6 Å². The van der Waals surface area contributed by atoms with Gasteiger partial charge >= 0.3 is 0 Å². The van der Waals surface area contributed by atoms with Crippen LogP contribution in [-0.2, 0) is 4.79 Å². The average Bonchev–Trinajstić information content (AvgIpc) is 2.44. The van der Waals surface area contributed by atoms with Crippen molar-refractivity contribution >= 4 is 44.8 Å². The summed E-state index contributed by atoms with van der Waals surface area (Å²) >= 11 is 8.61. The molecule has 0 radical (unpaired) electrons. The van der Waals surface area contributed by atoms with Gasteiger partial charge in [0.15, 0.2) is 0 Å².